The van der Waals surface area contributed by atoms with E-state index in [4.69, 9.17) is 0 Å². The molecule has 0 atom stereocenters. The van der Waals surface area contributed by atoms with E-state index in [2.05, 4.69) is 111 Å². The van der Waals surface area contributed by atoms with Gasteiger partial charge in [0.15, 0.2) is 0 Å². The van der Waals surface area contributed by atoms with Crippen molar-refractivity contribution < 1.29 is 0 Å². The Morgan fingerprint density at radius 3 is 2.27 bits per heavy atom. The molecule has 0 unspecified atom stereocenters. The molecule has 3 heteroatoms. The number of hydrogen-bond acceptors (Lipinski definition) is 3. The first-order valence-electron chi connectivity index (χ1n) is 10.9. The van der Waals surface area contributed by atoms with Crippen LogP contribution in [0.2, 0.25) is 0 Å². The maximum absolute atomic E-state index is 4.38. The summed E-state index contributed by atoms with van der Waals surface area (Å²) in [6.07, 6.45) is 3.99. The van der Waals surface area contributed by atoms with Crippen molar-refractivity contribution in [3.8, 4) is 0 Å². The van der Waals surface area contributed by atoms with Crippen LogP contribution in [0.25, 0.3) is 5.57 Å². The van der Waals surface area contributed by atoms with E-state index in [0.717, 1.165) is 43.7 Å². The van der Waals surface area contributed by atoms with Crippen molar-refractivity contribution in [3.63, 3.8) is 0 Å². The monoisotopic (exact) mass is 401 g/mol. The smallest absolute Gasteiger partial charge is 0.0452 e. The van der Waals surface area contributed by atoms with Crippen molar-refractivity contribution in [1.82, 2.24) is 14.9 Å². The van der Waals surface area contributed by atoms with Crippen LogP contribution in [0.1, 0.15) is 48.9 Å². The zero-order valence-electron chi connectivity index (χ0n) is 19.0. The lowest BCUT2D eigenvalue weighted by atomic mass is 10.0. The third kappa shape index (κ3) is 5.03. The molecule has 1 heterocycles. The third-order valence-corrected chi connectivity index (χ3v) is 5.92. The predicted molar refractivity (Wildman–Crippen MR) is 128 cm³/mol. The molecule has 1 aliphatic heterocycles. The fourth-order valence-electron chi connectivity index (χ4n) is 4.01. The lowest BCUT2D eigenvalue weighted by molar-refractivity contribution is 0.0246. The van der Waals surface area contributed by atoms with E-state index in [0.29, 0.717) is 0 Å². The van der Waals surface area contributed by atoms with Gasteiger partial charge in [0.1, 0.15) is 0 Å². The standard InChI is InChI=1S/C27H35N3/c1-7-27(28(6)30-18-25-13-9-10-14-26(25)19-30)20-29(8-2)23(5)17-22(4)24-15-11-12-21(3)16-24/h9-16,20H,4-5,7-8,17-19H2,1-3,6H3/b27-20-. The lowest BCUT2D eigenvalue weighted by Gasteiger charge is -2.33. The number of hydrazine groups is 1. The Kier molecular flexibility index (Phi) is 7.17. The summed E-state index contributed by atoms with van der Waals surface area (Å²) in [6, 6.07) is 17.3. The summed E-state index contributed by atoms with van der Waals surface area (Å²) in [6.45, 7) is 18.0. The zero-order valence-corrected chi connectivity index (χ0v) is 19.0. The molecule has 1 aliphatic rings. The fraction of sp³-hybridized carbons (Fsp3) is 0.333. The van der Waals surface area contributed by atoms with Crippen molar-refractivity contribution in [1.29, 1.82) is 0 Å². The minimum atomic E-state index is 0.768. The van der Waals surface area contributed by atoms with Gasteiger partial charge in [-0.05, 0) is 42.5 Å². The van der Waals surface area contributed by atoms with Crippen LogP contribution in [0.15, 0.2) is 79.3 Å². The molecule has 158 valence electrons. The quantitative estimate of drug-likeness (QED) is 0.485. The summed E-state index contributed by atoms with van der Waals surface area (Å²) in [5.74, 6) is 0. The van der Waals surface area contributed by atoms with Gasteiger partial charge in [0.05, 0.1) is 0 Å². The Morgan fingerprint density at radius 2 is 1.70 bits per heavy atom. The Labute approximate surface area is 182 Å². The van der Waals surface area contributed by atoms with E-state index in [1.54, 1.807) is 0 Å². The fourth-order valence-corrected chi connectivity index (χ4v) is 4.01. The number of aryl methyl sites for hydroxylation is 1. The van der Waals surface area contributed by atoms with E-state index in [1.165, 1.54) is 28.0 Å². The highest BCUT2D eigenvalue weighted by atomic mass is 15.6. The van der Waals surface area contributed by atoms with Crippen LogP contribution in [0, 0.1) is 6.92 Å². The van der Waals surface area contributed by atoms with E-state index >= 15 is 0 Å². The van der Waals surface area contributed by atoms with Gasteiger partial charge < -0.3 is 9.91 Å². The number of hydrogen-bond donors (Lipinski definition) is 0. The highest BCUT2D eigenvalue weighted by Crippen LogP contribution is 2.27. The summed E-state index contributed by atoms with van der Waals surface area (Å²) < 4.78 is 0. The summed E-state index contributed by atoms with van der Waals surface area (Å²) >= 11 is 0. The molecular formula is C27H35N3. The SMILES string of the molecule is C=C(CC(=C)N(/C=C(/CC)N(C)N1Cc2ccccc2C1)CC)c1cccc(C)c1. The van der Waals surface area contributed by atoms with Crippen molar-refractivity contribution in [3.05, 3.63) is 102 Å². The minimum absolute atomic E-state index is 0.768. The molecule has 0 fully saturated rings. The minimum Gasteiger partial charge on any atom is -0.350 e. The van der Waals surface area contributed by atoms with Crippen molar-refractivity contribution >= 4 is 5.57 Å². The van der Waals surface area contributed by atoms with Crippen LogP contribution in [0.3, 0.4) is 0 Å². The maximum atomic E-state index is 4.38. The Bertz CT molecular complexity index is 916. The molecule has 0 saturated carbocycles. The first-order chi connectivity index (χ1) is 14.4. The van der Waals surface area contributed by atoms with E-state index < -0.39 is 0 Å². The van der Waals surface area contributed by atoms with Crippen LogP contribution >= 0.6 is 0 Å². The average molecular weight is 402 g/mol. The number of fused-ring (bicyclic) bond motifs is 1. The second kappa shape index (κ2) is 9.82. The van der Waals surface area contributed by atoms with Crippen LogP contribution in [0.5, 0.6) is 0 Å². The van der Waals surface area contributed by atoms with Gasteiger partial charge in [0, 0.05) is 50.7 Å². The third-order valence-electron chi connectivity index (χ3n) is 5.92. The van der Waals surface area contributed by atoms with E-state index in [9.17, 15) is 0 Å². The zero-order chi connectivity index (χ0) is 21.7. The van der Waals surface area contributed by atoms with Crippen LogP contribution in [0.4, 0.5) is 0 Å². The molecule has 0 aliphatic carbocycles. The van der Waals surface area contributed by atoms with Gasteiger partial charge in [-0.15, -0.1) is 0 Å². The molecular weight excluding hydrogens is 366 g/mol. The molecule has 0 N–H and O–H groups in total. The Balaban J connectivity index is 1.69. The summed E-state index contributed by atoms with van der Waals surface area (Å²) in [4.78, 5) is 2.26. The summed E-state index contributed by atoms with van der Waals surface area (Å²) in [5.41, 5.74) is 8.76. The molecule has 0 radical (unpaired) electrons. The molecule has 0 amide bonds. The summed E-state index contributed by atoms with van der Waals surface area (Å²) in [5, 5.41) is 4.72. The van der Waals surface area contributed by atoms with Gasteiger partial charge >= 0.3 is 0 Å². The molecule has 0 saturated heterocycles. The number of rotatable bonds is 9. The van der Waals surface area contributed by atoms with E-state index in [1.807, 2.05) is 0 Å². The first-order valence-corrected chi connectivity index (χ1v) is 10.9. The molecule has 0 bridgehead atoms. The Hall–Kier alpha value is -2.78. The average Bonchev–Trinajstić information content (AvgIpc) is 3.18. The van der Waals surface area contributed by atoms with Crippen molar-refractivity contribution in [2.75, 3.05) is 13.6 Å². The van der Waals surface area contributed by atoms with Crippen LogP contribution in [-0.2, 0) is 13.1 Å². The molecule has 3 nitrogen and oxygen atoms in total. The van der Waals surface area contributed by atoms with Gasteiger partial charge in [-0.1, -0.05) is 74.2 Å². The normalized spacial score (nSPS) is 13.8. The molecule has 0 aromatic heterocycles. The van der Waals surface area contributed by atoms with Gasteiger partial charge in [0.2, 0.25) is 0 Å². The predicted octanol–water partition coefficient (Wildman–Crippen LogP) is 6.35. The first kappa shape index (κ1) is 21.9. The topological polar surface area (TPSA) is 9.72 Å². The molecule has 0 spiro atoms. The molecule has 30 heavy (non-hydrogen) atoms. The number of benzene rings is 2. The lowest BCUT2D eigenvalue weighted by Crippen LogP contribution is -2.35. The highest BCUT2D eigenvalue weighted by Gasteiger charge is 2.23. The van der Waals surface area contributed by atoms with E-state index in [-0.39, 0.29) is 0 Å². The molecule has 2 aromatic carbocycles. The van der Waals surface area contributed by atoms with Gasteiger partial charge in [0.25, 0.3) is 0 Å². The van der Waals surface area contributed by atoms with Gasteiger partial charge in [-0.3, -0.25) is 0 Å². The maximum Gasteiger partial charge on any atom is 0.0452 e. The second-order valence-corrected chi connectivity index (χ2v) is 8.09. The highest BCUT2D eigenvalue weighted by molar-refractivity contribution is 5.65. The second-order valence-electron chi connectivity index (χ2n) is 8.09. The van der Waals surface area contributed by atoms with Gasteiger partial charge in [-0.2, -0.15) is 0 Å². The molecule has 3 rings (SSSR count). The molecule has 2 aromatic rings. The van der Waals surface area contributed by atoms with Crippen molar-refractivity contribution in [2.45, 2.75) is 46.7 Å². The largest absolute Gasteiger partial charge is 0.350 e. The number of nitrogens with zero attached hydrogens (tertiary/aromatic N) is 3. The number of allylic oxidation sites excluding steroid dienone is 2. The van der Waals surface area contributed by atoms with Crippen LogP contribution in [-0.4, -0.2) is 28.5 Å². The Morgan fingerprint density at radius 1 is 1.03 bits per heavy atom. The van der Waals surface area contributed by atoms with Crippen molar-refractivity contribution in [2.24, 2.45) is 0 Å². The van der Waals surface area contributed by atoms with Crippen LogP contribution < -0.4 is 0 Å². The van der Waals surface area contributed by atoms with Gasteiger partial charge in [-0.25, -0.2) is 5.01 Å². The summed E-state index contributed by atoms with van der Waals surface area (Å²) in [7, 11) is 2.17.